The van der Waals surface area contributed by atoms with Crippen LogP contribution in [0.3, 0.4) is 0 Å². The molecule has 1 nitrogen and oxygen atoms in total. The molecule has 1 aliphatic carbocycles. The molecule has 0 radical (unpaired) electrons. The van der Waals surface area contributed by atoms with Crippen LogP contribution >= 0.6 is 0 Å². The highest BCUT2D eigenvalue weighted by molar-refractivity contribution is 6.10. The first-order chi connectivity index (χ1) is 28.5. The van der Waals surface area contributed by atoms with Crippen molar-refractivity contribution in [2.45, 2.75) is 19.3 Å². The summed E-state index contributed by atoms with van der Waals surface area (Å²) in [4.78, 5) is 2.48. The van der Waals surface area contributed by atoms with E-state index in [4.69, 9.17) is 0 Å². The summed E-state index contributed by atoms with van der Waals surface area (Å²) in [5, 5.41) is 7.49. The van der Waals surface area contributed by atoms with Crippen molar-refractivity contribution in [3.63, 3.8) is 0 Å². The summed E-state index contributed by atoms with van der Waals surface area (Å²) in [6.07, 6.45) is 0. The summed E-state index contributed by atoms with van der Waals surface area (Å²) in [5.41, 5.74) is 15.8. The van der Waals surface area contributed by atoms with Gasteiger partial charge in [-0.15, -0.1) is 0 Å². The predicted octanol–water partition coefficient (Wildman–Crippen LogP) is 15.9. The second-order valence-electron chi connectivity index (χ2n) is 16.1. The fourth-order valence-electron chi connectivity index (χ4n) is 9.49. The van der Waals surface area contributed by atoms with Crippen LogP contribution in [0.2, 0.25) is 0 Å². The van der Waals surface area contributed by atoms with Gasteiger partial charge in [0, 0.05) is 22.4 Å². The maximum Gasteiger partial charge on any atom is 0.0546 e. The van der Waals surface area contributed by atoms with E-state index in [1.54, 1.807) is 0 Å². The quantitative estimate of drug-likeness (QED) is 0.154. The fourth-order valence-corrected chi connectivity index (χ4v) is 9.49. The lowest BCUT2D eigenvalue weighted by Gasteiger charge is -2.31. The van der Waals surface area contributed by atoms with Crippen molar-refractivity contribution in [1.29, 1.82) is 0 Å². The monoisotopic (exact) mass is 739 g/mol. The third-order valence-corrected chi connectivity index (χ3v) is 12.4. The van der Waals surface area contributed by atoms with Crippen LogP contribution < -0.4 is 4.90 Å². The van der Waals surface area contributed by atoms with Gasteiger partial charge in [-0.25, -0.2) is 0 Å². The number of benzene rings is 10. The summed E-state index contributed by atoms with van der Waals surface area (Å²) in [6, 6.07) is 78.4. The van der Waals surface area contributed by atoms with Crippen molar-refractivity contribution in [3.8, 4) is 44.5 Å². The number of fused-ring (bicyclic) bond motifs is 7. The van der Waals surface area contributed by atoms with Crippen molar-refractivity contribution in [2.75, 3.05) is 4.90 Å². The second-order valence-corrected chi connectivity index (χ2v) is 16.1. The van der Waals surface area contributed by atoms with Gasteiger partial charge in [-0.3, -0.25) is 0 Å². The fraction of sp³-hybridized carbons (Fsp3) is 0.0526. The van der Waals surface area contributed by atoms with Gasteiger partial charge in [0.1, 0.15) is 0 Å². The number of anilines is 3. The van der Waals surface area contributed by atoms with Crippen molar-refractivity contribution in [1.82, 2.24) is 0 Å². The maximum atomic E-state index is 2.48. The Balaban J connectivity index is 1.18. The van der Waals surface area contributed by atoms with Crippen LogP contribution in [0, 0.1) is 0 Å². The van der Waals surface area contributed by atoms with Crippen LogP contribution in [-0.2, 0) is 5.41 Å². The van der Waals surface area contributed by atoms with Gasteiger partial charge < -0.3 is 4.90 Å². The zero-order valence-electron chi connectivity index (χ0n) is 32.7. The largest absolute Gasteiger partial charge is 0.310 e. The van der Waals surface area contributed by atoms with Gasteiger partial charge in [0.2, 0.25) is 0 Å². The highest BCUT2D eigenvalue weighted by Crippen LogP contribution is 2.52. The lowest BCUT2D eigenvalue weighted by Crippen LogP contribution is -2.17. The molecule has 274 valence electrons. The molecule has 0 saturated carbocycles. The van der Waals surface area contributed by atoms with Crippen LogP contribution in [0.4, 0.5) is 17.1 Å². The number of rotatable bonds is 6. The molecule has 0 aromatic heterocycles. The lowest BCUT2D eigenvalue weighted by molar-refractivity contribution is 0.660. The summed E-state index contributed by atoms with van der Waals surface area (Å²) in [6.45, 7) is 4.73. The summed E-state index contributed by atoms with van der Waals surface area (Å²) in [7, 11) is 0. The average Bonchev–Trinajstić information content (AvgIpc) is 3.51. The molecule has 0 unspecified atom stereocenters. The van der Waals surface area contributed by atoms with Crippen LogP contribution in [0.1, 0.15) is 25.0 Å². The smallest absolute Gasteiger partial charge is 0.0546 e. The zero-order chi connectivity index (χ0) is 38.8. The van der Waals surface area contributed by atoms with Gasteiger partial charge in [-0.2, -0.15) is 0 Å². The molecule has 0 heterocycles. The molecule has 0 N–H and O–H groups in total. The zero-order valence-corrected chi connectivity index (χ0v) is 32.7. The first kappa shape index (κ1) is 34.1. The van der Waals surface area contributed by atoms with Gasteiger partial charge in [0.25, 0.3) is 0 Å². The van der Waals surface area contributed by atoms with Gasteiger partial charge in [0.15, 0.2) is 0 Å². The summed E-state index contributed by atoms with van der Waals surface area (Å²) < 4.78 is 0. The minimum Gasteiger partial charge on any atom is -0.310 e. The molecule has 10 aromatic rings. The summed E-state index contributed by atoms with van der Waals surface area (Å²) >= 11 is 0. The highest BCUT2D eigenvalue weighted by Gasteiger charge is 2.36. The third-order valence-electron chi connectivity index (χ3n) is 12.4. The van der Waals surface area contributed by atoms with Crippen molar-refractivity contribution in [2.24, 2.45) is 0 Å². The van der Waals surface area contributed by atoms with Crippen LogP contribution in [0.15, 0.2) is 212 Å². The Labute approximate surface area is 340 Å². The minimum atomic E-state index is -0.137. The van der Waals surface area contributed by atoms with Crippen LogP contribution in [0.25, 0.3) is 76.8 Å². The normalized spacial score (nSPS) is 12.8. The molecule has 58 heavy (non-hydrogen) atoms. The molecular formula is C57H41N. The van der Waals surface area contributed by atoms with Gasteiger partial charge in [-0.05, 0) is 125 Å². The lowest BCUT2D eigenvalue weighted by atomic mass is 9.82. The van der Waals surface area contributed by atoms with Crippen LogP contribution in [-0.4, -0.2) is 0 Å². The standard InChI is InChI=1S/C57H41N/c1-57(2)53-21-11-10-19-51(53)52-34-32-47(37-54(52)57)58(46-30-27-40(28-31-46)38-13-4-3-5-14-38)55-22-12-20-50(44-25-23-39-15-6-7-17-42(39)35-44)56(55)45-29-33-49-43(36-45)26-24-41-16-8-9-18-48(41)49/h3-37H,1-2H3. The van der Waals surface area contributed by atoms with E-state index in [2.05, 4.69) is 231 Å². The highest BCUT2D eigenvalue weighted by atomic mass is 15.1. The Bertz CT molecular complexity index is 3190. The Morgan fingerprint density at radius 1 is 0.328 bits per heavy atom. The van der Waals surface area contributed by atoms with Crippen molar-refractivity contribution < 1.29 is 0 Å². The van der Waals surface area contributed by atoms with E-state index in [-0.39, 0.29) is 5.41 Å². The Morgan fingerprint density at radius 3 is 1.78 bits per heavy atom. The number of hydrogen-bond donors (Lipinski definition) is 0. The molecule has 0 fully saturated rings. The molecule has 1 aliphatic rings. The predicted molar refractivity (Wildman–Crippen MR) is 248 cm³/mol. The Hall–Kier alpha value is -7.22. The van der Waals surface area contributed by atoms with E-state index in [0.717, 1.165) is 17.1 Å². The first-order valence-electron chi connectivity index (χ1n) is 20.3. The molecule has 0 spiro atoms. The first-order valence-corrected chi connectivity index (χ1v) is 20.3. The number of nitrogens with zero attached hydrogens (tertiary/aromatic N) is 1. The second kappa shape index (κ2) is 13.5. The maximum absolute atomic E-state index is 2.48. The van der Waals surface area contributed by atoms with E-state index in [1.807, 2.05) is 0 Å². The topological polar surface area (TPSA) is 3.24 Å². The van der Waals surface area contributed by atoms with Gasteiger partial charge in [-0.1, -0.05) is 184 Å². The average molecular weight is 740 g/mol. The van der Waals surface area contributed by atoms with E-state index < -0.39 is 0 Å². The van der Waals surface area contributed by atoms with Gasteiger partial charge >= 0.3 is 0 Å². The Kier molecular flexibility index (Phi) is 7.91. The summed E-state index contributed by atoms with van der Waals surface area (Å²) in [5.74, 6) is 0. The van der Waals surface area contributed by atoms with E-state index in [0.29, 0.717) is 0 Å². The van der Waals surface area contributed by atoms with Crippen LogP contribution in [0.5, 0.6) is 0 Å². The molecule has 0 atom stereocenters. The third kappa shape index (κ3) is 5.54. The number of hydrogen-bond acceptors (Lipinski definition) is 1. The molecule has 0 bridgehead atoms. The molecule has 11 rings (SSSR count). The molecule has 0 saturated heterocycles. The SMILES string of the molecule is CC1(C)c2ccccc2-c2ccc(N(c3ccc(-c4ccccc4)cc3)c3cccc(-c4ccc5ccccc5c4)c3-c3ccc4c(ccc5ccccc54)c3)cc21. The van der Waals surface area contributed by atoms with Crippen molar-refractivity contribution >= 4 is 49.4 Å². The molecular weight excluding hydrogens is 699 g/mol. The molecule has 10 aromatic carbocycles. The minimum absolute atomic E-state index is 0.137. The van der Waals surface area contributed by atoms with E-state index in [9.17, 15) is 0 Å². The molecule has 1 heteroatoms. The Morgan fingerprint density at radius 2 is 0.914 bits per heavy atom. The van der Waals surface area contributed by atoms with E-state index in [1.165, 1.54) is 88.0 Å². The molecule has 0 amide bonds. The van der Waals surface area contributed by atoms with E-state index >= 15 is 0 Å². The molecule has 0 aliphatic heterocycles. The van der Waals surface area contributed by atoms with Gasteiger partial charge in [0.05, 0.1) is 5.69 Å². The van der Waals surface area contributed by atoms with Crippen molar-refractivity contribution in [3.05, 3.63) is 223 Å².